The van der Waals surface area contributed by atoms with E-state index in [4.69, 9.17) is 11.6 Å². The van der Waals surface area contributed by atoms with Crippen LogP contribution in [0.3, 0.4) is 0 Å². The van der Waals surface area contributed by atoms with Crippen LogP contribution >= 0.6 is 11.6 Å². The fourth-order valence-corrected chi connectivity index (χ4v) is 2.57. The molecule has 0 fully saturated rings. The molecule has 0 bridgehead atoms. The van der Waals surface area contributed by atoms with Crippen molar-refractivity contribution in [3.63, 3.8) is 0 Å². The van der Waals surface area contributed by atoms with E-state index in [0.29, 0.717) is 0 Å². The molecule has 4 nitrogen and oxygen atoms in total. The maximum Gasteiger partial charge on any atom is 0.0850 e. The van der Waals surface area contributed by atoms with Crippen molar-refractivity contribution in [2.24, 2.45) is 7.05 Å². The Labute approximate surface area is 118 Å². The lowest BCUT2D eigenvalue weighted by Crippen LogP contribution is -2.20. The highest BCUT2D eigenvalue weighted by Crippen LogP contribution is 2.25. The highest BCUT2D eigenvalue weighted by Gasteiger charge is 2.18. The highest BCUT2D eigenvalue weighted by molar-refractivity contribution is 6.31. The maximum atomic E-state index is 6.39. The third-order valence-electron chi connectivity index (χ3n) is 3.34. The minimum atomic E-state index is 0.186. The van der Waals surface area contributed by atoms with Crippen molar-refractivity contribution < 1.29 is 0 Å². The Balaban J connectivity index is 2.26. The Morgan fingerprint density at radius 1 is 1.47 bits per heavy atom. The van der Waals surface area contributed by atoms with E-state index in [1.54, 1.807) is 6.20 Å². The average molecular weight is 279 g/mol. The molecule has 0 radical (unpaired) electrons. The van der Waals surface area contributed by atoms with Crippen molar-refractivity contribution in [1.29, 1.82) is 0 Å². The predicted molar refractivity (Wildman–Crippen MR) is 77.3 cm³/mol. The number of rotatable bonds is 5. The van der Waals surface area contributed by atoms with Gasteiger partial charge in [0.2, 0.25) is 0 Å². The van der Waals surface area contributed by atoms with Gasteiger partial charge in [-0.05, 0) is 25.1 Å². The summed E-state index contributed by atoms with van der Waals surface area (Å²) in [5.41, 5.74) is 3.17. The monoisotopic (exact) mass is 278 g/mol. The molecule has 2 rings (SSSR count). The minimum Gasteiger partial charge on any atom is -0.313 e. The van der Waals surface area contributed by atoms with Gasteiger partial charge in [0.25, 0.3) is 0 Å². The van der Waals surface area contributed by atoms with Gasteiger partial charge in [0.05, 0.1) is 16.4 Å². The molecule has 1 atom stereocenters. The predicted octanol–water partition coefficient (Wildman–Crippen LogP) is 2.53. The molecule has 1 N–H and O–H groups in total. The van der Waals surface area contributed by atoms with Gasteiger partial charge in [0.15, 0.2) is 0 Å². The van der Waals surface area contributed by atoms with Crippen molar-refractivity contribution in [3.05, 3.63) is 46.5 Å². The lowest BCUT2D eigenvalue weighted by Gasteiger charge is -2.16. The van der Waals surface area contributed by atoms with E-state index in [1.807, 2.05) is 31.0 Å². The molecule has 0 aliphatic carbocycles. The van der Waals surface area contributed by atoms with Gasteiger partial charge in [-0.1, -0.05) is 24.6 Å². The van der Waals surface area contributed by atoms with Gasteiger partial charge in [-0.2, -0.15) is 5.10 Å². The smallest absolute Gasteiger partial charge is 0.0850 e. The van der Waals surface area contributed by atoms with Gasteiger partial charge >= 0.3 is 0 Å². The fraction of sp³-hybridized carbons (Fsp3) is 0.429. The molecule has 5 heteroatoms. The van der Waals surface area contributed by atoms with Crippen LogP contribution in [0, 0.1) is 0 Å². The van der Waals surface area contributed by atoms with E-state index in [0.717, 1.165) is 34.8 Å². The van der Waals surface area contributed by atoms with E-state index >= 15 is 0 Å². The van der Waals surface area contributed by atoms with Crippen molar-refractivity contribution in [2.45, 2.75) is 25.8 Å². The summed E-state index contributed by atoms with van der Waals surface area (Å²) >= 11 is 6.39. The third-order valence-corrected chi connectivity index (χ3v) is 3.77. The summed E-state index contributed by atoms with van der Waals surface area (Å²) in [6, 6.07) is 4.20. The van der Waals surface area contributed by atoms with Crippen molar-refractivity contribution in [3.8, 4) is 0 Å². The Kier molecular flexibility index (Phi) is 4.56. The van der Waals surface area contributed by atoms with Gasteiger partial charge in [0, 0.05) is 31.9 Å². The molecule has 0 spiro atoms. The second-order valence-electron chi connectivity index (χ2n) is 4.52. The topological polar surface area (TPSA) is 42.7 Å². The van der Waals surface area contributed by atoms with E-state index in [2.05, 4.69) is 28.4 Å². The first kappa shape index (κ1) is 14.0. The van der Waals surface area contributed by atoms with Gasteiger partial charge in [-0.25, -0.2) is 0 Å². The Hall–Kier alpha value is -1.39. The van der Waals surface area contributed by atoms with Crippen LogP contribution in [0.5, 0.6) is 0 Å². The van der Waals surface area contributed by atoms with Gasteiger partial charge in [-0.3, -0.25) is 9.67 Å². The largest absolute Gasteiger partial charge is 0.313 e. The van der Waals surface area contributed by atoms with Gasteiger partial charge in [0.1, 0.15) is 0 Å². The standard InChI is InChI=1S/C14H19ClN4/c1-4-11-14(15)13(19(3)18-11)8-12(16-2)10-6-5-7-17-9-10/h5-7,9,12,16H,4,8H2,1-3H3. The second kappa shape index (κ2) is 6.17. The van der Waals surface area contributed by atoms with E-state index in [9.17, 15) is 0 Å². The molecular formula is C14H19ClN4. The molecule has 0 aromatic carbocycles. The fourth-order valence-electron chi connectivity index (χ4n) is 2.20. The maximum absolute atomic E-state index is 6.39. The Morgan fingerprint density at radius 3 is 2.79 bits per heavy atom. The van der Waals surface area contributed by atoms with Crippen LogP contribution in [0.4, 0.5) is 0 Å². The number of hydrogen-bond donors (Lipinski definition) is 1. The molecule has 0 aliphatic rings. The van der Waals surface area contributed by atoms with Crippen LogP contribution in [0.15, 0.2) is 24.5 Å². The minimum absolute atomic E-state index is 0.186. The first-order chi connectivity index (χ1) is 9.17. The van der Waals surface area contributed by atoms with E-state index < -0.39 is 0 Å². The molecular weight excluding hydrogens is 260 g/mol. The number of aryl methyl sites for hydroxylation is 2. The first-order valence-electron chi connectivity index (χ1n) is 6.44. The van der Waals surface area contributed by atoms with Crippen LogP contribution in [-0.2, 0) is 19.9 Å². The van der Waals surface area contributed by atoms with Gasteiger partial charge < -0.3 is 5.32 Å². The lowest BCUT2D eigenvalue weighted by atomic mass is 10.0. The number of aromatic nitrogens is 3. The highest BCUT2D eigenvalue weighted by atomic mass is 35.5. The van der Waals surface area contributed by atoms with Crippen molar-refractivity contribution in [1.82, 2.24) is 20.1 Å². The van der Waals surface area contributed by atoms with Crippen molar-refractivity contribution in [2.75, 3.05) is 7.05 Å². The molecule has 0 saturated heterocycles. The molecule has 2 heterocycles. The summed E-state index contributed by atoms with van der Waals surface area (Å²) in [6.45, 7) is 2.06. The molecule has 2 aromatic heterocycles. The zero-order valence-corrected chi connectivity index (χ0v) is 12.3. The van der Waals surface area contributed by atoms with Crippen LogP contribution in [0.25, 0.3) is 0 Å². The Morgan fingerprint density at radius 2 is 2.26 bits per heavy atom. The Bertz CT molecular complexity index is 536. The third kappa shape index (κ3) is 2.96. The van der Waals surface area contributed by atoms with Gasteiger partial charge in [-0.15, -0.1) is 0 Å². The number of halogens is 1. The molecule has 0 aliphatic heterocycles. The number of hydrogen-bond acceptors (Lipinski definition) is 3. The SMILES string of the molecule is CCc1nn(C)c(CC(NC)c2cccnc2)c1Cl. The molecule has 2 aromatic rings. The second-order valence-corrected chi connectivity index (χ2v) is 4.89. The van der Waals surface area contributed by atoms with Crippen molar-refractivity contribution >= 4 is 11.6 Å². The van der Waals surface area contributed by atoms with E-state index in [-0.39, 0.29) is 6.04 Å². The number of nitrogens with one attached hydrogen (secondary N) is 1. The molecule has 0 amide bonds. The van der Waals surface area contributed by atoms with Crippen LogP contribution in [-0.4, -0.2) is 21.8 Å². The van der Waals surface area contributed by atoms with Crippen LogP contribution in [0.1, 0.15) is 29.9 Å². The zero-order valence-electron chi connectivity index (χ0n) is 11.5. The quantitative estimate of drug-likeness (QED) is 0.914. The molecule has 102 valence electrons. The van der Waals surface area contributed by atoms with Crippen LogP contribution in [0.2, 0.25) is 5.02 Å². The van der Waals surface area contributed by atoms with Crippen LogP contribution < -0.4 is 5.32 Å². The first-order valence-corrected chi connectivity index (χ1v) is 6.82. The number of pyridine rings is 1. The zero-order chi connectivity index (χ0) is 13.8. The molecule has 0 saturated carbocycles. The summed E-state index contributed by atoms with van der Waals surface area (Å²) < 4.78 is 1.88. The number of nitrogens with zero attached hydrogens (tertiary/aromatic N) is 3. The normalized spacial score (nSPS) is 12.6. The lowest BCUT2D eigenvalue weighted by molar-refractivity contribution is 0.559. The molecule has 19 heavy (non-hydrogen) atoms. The van der Waals surface area contributed by atoms with E-state index in [1.165, 1.54) is 0 Å². The summed E-state index contributed by atoms with van der Waals surface area (Å²) in [6.07, 6.45) is 5.31. The summed E-state index contributed by atoms with van der Waals surface area (Å²) in [7, 11) is 3.89. The summed E-state index contributed by atoms with van der Waals surface area (Å²) in [4.78, 5) is 4.17. The number of likely N-dealkylation sites (N-methyl/N-ethyl adjacent to an activating group) is 1. The summed E-state index contributed by atoms with van der Waals surface area (Å²) in [5.74, 6) is 0. The average Bonchev–Trinajstić information content (AvgIpc) is 2.72. The summed E-state index contributed by atoms with van der Waals surface area (Å²) in [5, 5.41) is 8.55. The molecule has 1 unspecified atom stereocenters.